The fraction of sp³-hybridized carbons (Fsp3) is 0.0385. The lowest BCUT2D eigenvalue weighted by Crippen LogP contribution is -2.12. The van der Waals surface area contributed by atoms with E-state index < -0.39 is 17.6 Å². The lowest BCUT2D eigenvalue weighted by atomic mass is 10.0. The van der Waals surface area contributed by atoms with E-state index >= 15 is 0 Å². The largest absolute Gasteiger partial charge is 0.505 e. The topological polar surface area (TPSA) is 153 Å². The van der Waals surface area contributed by atoms with Crippen LogP contribution in [0.2, 0.25) is 0 Å². The zero-order valence-corrected chi connectivity index (χ0v) is 21.1. The average Bonchev–Trinajstić information content (AvgIpc) is 3.40. The van der Waals surface area contributed by atoms with Crippen LogP contribution in [-0.2, 0) is 4.18 Å². The first-order valence-corrected chi connectivity index (χ1v) is 11.7. The maximum absolute atomic E-state index is 13.2. The van der Waals surface area contributed by atoms with Gasteiger partial charge in [-0.3, -0.25) is 4.79 Å². The molecule has 5 rings (SSSR count). The molecule has 0 fully saturated rings. The van der Waals surface area contributed by atoms with Crippen molar-refractivity contribution in [2.24, 2.45) is 10.2 Å². The van der Waals surface area contributed by atoms with Crippen molar-refractivity contribution in [3.63, 3.8) is 0 Å². The minimum atomic E-state index is -0.837. The number of azo groups is 1. The van der Waals surface area contributed by atoms with Crippen LogP contribution >= 0.6 is 12.9 Å². The van der Waals surface area contributed by atoms with Crippen LogP contribution in [0.5, 0.6) is 11.5 Å². The molecule has 2 aromatic heterocycles. The van der Waals surface area contributed by atoms with Gasteiger partial charge in [-0.2, -0.15) is 9.78 Å². The average molecular weight is 542 g/mol. The SMILES string of the molecule is COc1ccc(NC(=O)c2cc3ccccc3c(N=Nc3c(C(=O)OS)cnn3-c3ncccn3)c2O)cc1. The van der Waals surface area contributed by atoms with Gasteiger partial charge < -0.3 is 19.3 Å². The molecule has 39 heavy (non-hydrogen) atoms. The minimum Gasteiger partial charge on any atom is -0.505 e. The van der Waals surface area contributed by atoms with Crippen LogP contribution in [0.25, 0.3) is 16.7 Å². The van der Waals surface area contributed by atoms with Gasteiger partial charge in [0.05, 0.1) is 18.9 Å². The molecule has 1 amide bonds. The zero-order valence-electron chi connectivity index (χ0n) is 20.2. The van der Waals surface area contributed by atoms with E-state index in [0.717, 1.165) is 0 Å². The van der Waals surface area contributed by atoms with Gasteiger partial charge >= 0.3 is 5.97 Å². The number of carbonyl (C=O) groups is 2. The Morgan fingerprint density at radius 2 is 1.74 bits per heavy atom. The number of aromatic nitrogens is 4. The summed E-state index contributed by atoms with van der Waals surface area (Å²) >= 11 is 3.58. The third-order valence-corrected chi connectivity index (χ3v) is 5.79. The van der Waals surface area contributed by atoms with E-state index in [1.807, 2.05) is 0 Å². The van der Waals surface area contributed by atoms with Crippen molar-refractivity contribution in [1.29, 1.82) is 0 Å². The first-order valence-electron chi connectivity index (χ1n) is 11.3. The van der Waals surface area contributed by atoms with Crippen molar-refractivity contribution < 1.29 is 23.6 Å². The molecule has 2 heterocycles. The Kier molecular flexibility index (Phi) is 7.14. The van der Waals surface area contributed by atoms with Crippen molar-refractivity contribution in [2.75, 3.05) is 12.4 Å². The van der Waals surface area contributed by atoms with Crippen molar-refractivity contribution in [3.05, 3.63) is 90.4 Å². The molecule has 2 N–H and O–H groups in total. The van der Waals surface area contributed by atoms with Gasteiger partial charge in [0.15, 0.2) is 11.6 Å². The molecule has 0 aliphatic rings. The molecule has 0 spiro atoms. The Hall–Kier alpha value is -5.30. The quantitative estimate of drug-likeness (QED) is 0.144. The van der Waals surface area contributed by atoms with Gasteiger partial charge in [0.1, 0.15) is 17.0 Å². The number of fused-ring (bicyclic) bond motifs is 1. The van der Waals surface area contributed by atoms with Crippen LogP contribution in [0.3, 0.4) is 0 Å². The van der Waals surface area contributed by atoms with Crippen molar-refractivity contribution in [3.8, 4) is 17.4 Å². The van der Waals surface area contributed by atoms with Gasteiger partial charge in [-0.25, -0.2) is 14.8 Å². The molecule has 0 unspecified atom stereocenters. The molecule has 0 saturated carbocycles. The number of rotatable bonds is 7. The van der Waals surface area contributed by atoms with E-state index in [2.05, 4.69) is 47.7 Å². The summed E-state index contributed by atoms with van der Waals surface area (Å²) in [5.41, 5.74) is 0.393. The second-order valence-corrected chi connectivity index (χ2v) is 8.13. The molecule has 194 valence electrons. The zero-order chi connectivity index (χ0) is 27.4. The number of carbonyl (C=O) groups excluding carboxylic acids is 2. The number of thiol groups is 1. The van der Waals surface area contributed by atoms with Gasteiger partial charge in [-0.15, -0.1) is 10.2 Å². The molecular formula is C26H19N7O5S. The predicted octanol–water partition coefficient (Wildman–Crippen LogP) is 5.20. The summed E-state index contributed by atoms with van der Waals surface area (Å²) in [4.78, 5) is 33.7. The first kappa shape index (κ1) is 25.4. The van der Waals surface area contributed by atoms with Gasteiger partial charge in [0, 0.05) is 36.4 Å². The van der Waals surface area contributed by atoms with Gasteiger partial charge in [0.25, 0.3) is 11.9 Å². The van der Waals surface area contributed by atoms with Gasteiger partial charge in [0.2, 0.25) is 0 Å². The number of anilines is 1. The highest BCUT2D eigenvalue weighted by Crippen LogP contribution is 2.40. The molecule has 0 aliphatic heterocycles. The fourth-order valence-electron chi connectivity index (χ4n) is 3.74. The second-order valence-electron chi connectivity index (χ2n) is 7.95. The monoisotopic (exact) mass is 541 g/mol. The Bertz CT molecular complexity index is 1710. The number of methoxy groups -OCH3 is 1. The lowest BCUT2D eigenvalue weighted by molar-refractivity contribution is 0.0772. The molecule has 3 aromatic carbocycles. The Balaban J connectivity index is 1.59. The van der Waals surface area contributed by atoms with Crippen LogP contribution in [0.4, 0.5) is 17.2 Å². The Morgan fingerprint density at radius 1 is 1.00 bits per heavy atom. The predicted molar refractivity (Wildman–Crippen MR) is 144 cm³/mol. The molecule has 5 aromatic rings. The highest BCUT2D eigenvalue weighted by atomic mass is 32.1. The maximum atomic E-state index is 13.2. The number of phenols is 1. The number of ether oxygens (including phenoxy) is 1. The number of nitrogens with zero attached hydrogens (tertiary/aromatic N) is 6. The summed E-state index contributed by atoms with van der Waals surface area (Å²) < 4.78 is 10.9. The maximum Gasteiger partial charge on any atom is 0.355 e. The smallest absolute Gasteiger partial charge is 0.355 e. The molecule has 0 bridgehead atoms. The first-order chi connectivity index (χ1) is 19.0. The normalized spacial score (nSPS) is 11.0. The number of phenolic OH excluding ortho intramolecular Hbond substituents is 1. The summed E-state index contributed by atoms with van der Waals surface area (Å²) in [7, 11) is 1.54. The number of hydrogen-bond donors (Lipinski definition) is 3. The van der Waals surface area contributed by atoms with Crippen LogP contribution in [-0.4, -0.2) is 43.8 Å². The number of hydrogen-bond acceptors (Lipinski definition) is 11. The van der Waals surface area contributed by atoms with Crippen LogP contribution in [0.1, 0.15) is 20.7 Å². The molecule has 0 aliphatic carbocycles. The van der Waals surface area contributed by atoms with E-state index in [4.69, 9.17) is 4.74 Å². The van der Waals surface area contributed by atoms with Crippen LogP contribution in [0.15, 0.2) is 89.5 Å². The minimum absolute atomic E-state index is 0.0000909. The summed E-state index contributed by atoms with van der Waals surface area (Å²) in [5.74, 6) is -1.14. The molecule has 0 atom stereocenters. The summed E-state index contributed by atoms with van der Waals surface area (Å²) in [5, 5.41) is 27.6. The van der Waals surface area contributed by atoms with Crippen molar-refractivity contribution >= 4 is 52.8 Å². The Morgan fingerprint density at radius 3 is 2.46 bits per heavy atom. The molecule has 12 nitrogen and oxygen atoms in total. The number of nitrogens with one attached hydrogen (secondary N) is 1. The van der Waals surface area contributed by atoms with E-state index in [1.165, 1.54) is 23.3 Å². The second kappa shape index (κ2) is 11.0. The molecule has 0 saturated heterocycles. The summed E-state index contributed by atoms with van der Waals surface area (Å²) in [6.07, 6.45) is 4.19. The number of benzene rings is 3. The van der Waals surface area contributed by atoms with Crippen molar-refractivity contribution in [1.82, 2.24) is 19.7 Å². The van der Waals surface area contributed by atoms with Gasteiger partial charge in [-0.1, -0.05) is 24.3 Å². The van der Waals surface area contributed by atoms with E-state index in [0.29, 0.717) is 22.2 Å². The fourth-order valence-corrected chi connectivity index (χ4v) is 3.84. The third-order valence-electron chi connectivity index (χ3n) is 5.62. The van der Waals surface area contributed by atoms with Crippen LogP contribution < -0.4 is 10.1 Å². The van der Waals surface area contributed by atoms with E-state index in [9.17, 15) is 14.7 Å². The lowest BCUT2D eigenvalue weighted by Gasteiger charge is -2.11. The highest BCUT2D eigenvalue weighted by molar-refractivity contribution is 7.75. The number of amides is 1. The van der Waals surface area contributed by atoms with Crippen LogP contribution in [0, 0.1) is 0 Å². The summed E-state index contributed by atoms with van der Waals surface area (Å²) in [6, 6.07) is 16.9. The van der Waals surface area contributed by atoms with E-state index in [1.54, 1.807) is 67.8 Å². The number of aromatic hydroxyl groups is 1. The molecule has 13 heteroatoms. The standard InChI is InChI=1S/C26H19N7O5S/c1-37-17-9-7-16(8-10-17)30-24(35)19-13-15-5-2-3-6-18(15)21(22(19)34)31-32-23-20(25(36)38-39)14-29-33(23)26-27-11-4-12-28-26/h2-14,34,39H,1H3,(H,30,35). The van der Waals surface area contributed by atoms with Gasteiger partial charge in [-0.05, 0) is 41.8 Å². The Labute approximate surface area is 226 Å². The molecule has 0 radical (unpaired) electrons. The highest BCUT2D eigenvalue weighted by Gasteiger charge is 2.22. The molecular weight excluding hydrogens is 522 g/mol. The third kappa shape index (κ3) is 5.10. The van der Waals surface area contributed by atoms with E-state index in [-0.39, 0.29) is 28.6 Å². The van der Waals surface area contributed by atoms with Crippen molar-refractivity contribution in [2.45, 2.75) is 0 Å². The summed E-state index contributed by atoms with van der Waals surface area (Å²) in [6.45, 7) is 0.